The maximum Gasteiger partial charge on any atom is 0.199 e. The van der Waals surface area contributed by atoms with Crippen molar-refractivity contribution in [3.8, 4) is 17.2 Å². The van der Waals surface area contributed by atoms with E-state index in [0.29, 0.717) is 12.4 Å². The van der Waals surface area contributed by atoms with Gasteiger partial charge in [0.2, 0.25) is 0 Å². The largest absolute Gasteiger partial charge is 0.492 e. The SMILES string of the molecule is CC1(O)c2ccc(C3CCCCO3)cc2OC(c2ccc(OCCN3CCCCC3)cc2)C1c1ccc(OC2CCCCO2)cc1. The highest BCUT2D eigenvalue weighted by molar-refractivity contribution is 5.49. The van der Waals surface area contributed by atoms with Gasteiger partial charge in [-0.25, -0.2) is 0 Å². The topological polar surface area (TPSA) is 69.6 Å². The number of hydrogen-bond donors (Lipinski definition) is 1. The van der Waals surface area contributed by atoms with Crippen molar-refractivity contribution >= 4 is 0 Å². The smallest absolute Gasteiger partial charge is 0.199 e. The van der Waals surface area contributed by atoms with Crippen LogP contribution in [0.4, 0.5) is 0 Å². The number of rotatable bonds is 9. The molecule has 4 aliphatic heterocycles. The molecule has 0 aromatic heterocycles. The quantitative estimate of drug-likeness (QED) is 0.259. The molecule has 5 atom stereocenters. The first kappa shape index (κ1) is 31.5. The molecule has 7 nitrogen and oxygen atoms in total. The monoisotopic (exact) mass is 627 g/mol. The van der Waals surface area contributed by atoms with Gasteiger partial charge in [0.05, 0.1) is 18.6 Å². The van der Waals surface area contributed by atoms with Crippen LogP contribution in [0.15, 0.2) is 66.7 Å². The lowest BCUT2D eigenvalue weighted by Crippen LogP contribution is -2.40. The Hall–Kier alpha value is -3.10. The summed E-state index contributed by atoms with van der Waals surface area (Å²) < 4.78 is 31.1. The van der Waals surface area contributed by atoms with Gasteiger partial charge in [0.15, 0.2) is 6.29 Å². The Labute approximate surface area is 273 Å². The number of piperidine rings is 1. The average Bonchev–Trinajstić information content (AvgIpc) is 3.10. The lowest BCUT2D eigenvalue weighted by atomic mass is 9.71. The fraction of sp³-hybridized carbons (Fsp3) is 0.538. The second kappa shape index (κ2) is 14.3. The second-order valence-electron chi connectivity index (χ2n) is 13.6. The highest BCUT2D eigenvalue weighted by atomic mass is 16.7. The summed E-state index contributed by atoms with van der Waals surface area (Å²) in [6.45, 7) is 7.40. The van der Waals surface area contributed by atoms with Crippen LogP contribution in [0.5, 0.6) is 17.2 Å². The third kappa shape index (κ3) is 7.08. The van der Waals surface area contributed by atoms with Gasteiger partial charge >= 0.3 is 0 Å². The minimum absolute atomic E-state index is 0.0610. The zero-order chi connectivity index (χ0) is 31.3. The molecule has 0 saturated carbocycles. The molecule has 3 aromatic carbocycles. The van der Waals surface area contributed by atoms with Crippen molar-refractivity contribution in [1.82, 2.24) is 4.90 Å². The summed E-state index contributed by atoms with van der Waals surface area (Å²) in [5, 5.41) is 12.4. The predicted octanol–water partition coefficient (Wildman–Crippen LogP) is 7.82. The van der Waals surface area contributed by atoms with Gasteiger partial charge in [-0.05, 0) is 112 Å². The van der Waals surface area contributed by atoms with Crippen molar-refractivity contribution in [2.45, 2.75) is 94.7 Å². The highest BCUT2D eigenvalue weighted by Gasteiger charge is 2.48. The van der Waals surface area contributed by atoms with Crippen LogP contribution in [0, 0.1) is 0 Å². The summed E-state index contributed by atoms with van der Waals surface area (Å²) >= 11 is 0. The number of hydrogen-bond acceptors (Lipinski definition) is 7. The third-order valence-electron chi connectivity index (χ3n) is 10.2. The average molecular weight is 628 g/mol. The van der Waals surface area contributed by atoms with Crippen LogP contribution in [-0.2, 0) is 15.1 Å². The highest BCUT2D eigenvalue weighted by Crippen LogP contribution is 2.54. The van der Waals surface area contributed by atoms with E-state index in [0.717, 1.165) is 92.0 Å². The Morgan fingerprint density at radius 2 is 1.46 bits per heavy atom. The Morgan fingerprint density at radius 1 is 0.761 bits per heavy atom. The molecule has 0 spiro atoms. The number of benzene rings is 3. The molecule has 7 heteroatoms. The predicted molar refractivity (Wildman–Crippen MR) is 178 cm³/mol. The Morgan fingerprint density at radius 3 is 2.17 bits per heavy atom. The summed E-state index contributed by atoms with van der Waals surface area (Å²) in [6, 6.07) is 22.5. The van der Waals surface area contributed by atoms with E-state index < -0.39 is 11.7 Å². The van der Waals surface area contributed by atoms with Crippen molar-refractivity contribution in [2.75, 3.05) is 39.5 Å². The zero-order valence-corrected chi connectivity index (χ0v) is 27.2. The van der Waals surface area contributed by atoms with Crippen molar-refractivity contribution in [2.24, 2.45) is 0 Å². The normalized spacial score (nSPS) is 28.6. The van der Waals surface area contributed by atoms with E-state index in [4.69, 9.17) is 23.7 Å². The maximum absolute atomic E-state index is 12.4. The third-order valence-corrected chi connectivity index (χ3v) is 10.2. The molecule has 4 heterocycles. The van der Waals surface area contributed by atoms with Crippen LogP contribution in [0.3, 0.4) is 0 Å². The molecule has 1 N–H and O–H groups in total. The summed E-state index contributed by atoms with van der Waals surface area (Å²) in [7, 11) is 0. The molecule has 3 aromatic rings. The van der Waals surface area contributed by atoms with Crippen LogP contribution in [0.1, 0.15) is 105 Å². The van der Waals surface area contributed by atoms with Gasteiger partial charge in [-0.1, -0.05) is 42.8 Å². The number of aliphatic hydroxyl groups is 1. The van der Waals surface area contributed by atoms with Crippen LogP contribution >= 0.6 is 0 Å². The van der Waals surface area contributed by atoms with E-state index in [-0.39, 0.29) is 18.3 Å². The van der Waals surface area contributed by atoms with Crippen LogP contribution in [0.25, 0.3) is 0 Å². The Balaban J connectivity index is 1.15. The number of likely N-dealkylation sites (tertiary alicyclic amines) is 1. The van der Waals surface area contributed by atoms with E-state index in [1.54, 1.807) is 0 Å². The minimum atomic E-state index is -1.19. The van der Waals surface area contributed by atoms with Gasteiger partial charge in [0.25, 0.3) is 0 Å². The fourth-order valence-electron chi connectivity index (χ4n) is 7.62. The Bertz CT molecular complexity index is 1410. The van der Waals surface area contributed by atoms with Crippen molar-refractivity contribution in [1.29, 1.82) is 0 Å². The number of ether oxygens (including phenoxy) is 5. The number of fused-ring (bicyclic) bond motifs is 1. The van der Waals surface area contributed by atoms with E-state index >= 15 is 0 Å². The molecule has 7 rings (SSSR count). The van der Waals surface area contributed by atoms with Crippen molar-refractivity contribution in [3.63, 3.8) is 0 Å². The molecular formula is C39H49NO6. The summed E-state index contributed by atoms with van der Waals surface area (Å²) in [6.07, 6.45) is 9.70. The molecule has 3 saturated heterocycles. The maximum atomic E-state index is 12.4. The van der Waals surface area contributed by atoms with Crippen molar-refractivity contribution < 1.29 is 28.8 Å². The van der Waals surface area contributed by atoms with Gasteiger partial charge < -0.3 is 28.8 Å². The minimum Gasteiger partial charge on any atom is -0.492 e. The first-order chi connectivity index (χ1) is 22.5. The first-order valence-corrected chi connectivity index (χ1v) is 17.5. The molecule has 3 fully saturated rings. The van der Waals surface area contributed by atoms with E-state index in [9.17, 15) is 5.11 Å². The van der Waals surface area contributed by atoms with Gasteiger partial charge in [-0.3, -0.25) is 4.90 Å². The standard InChI is InChI=1S/C39H49NO6/c1-39(41)33-20-15-30(34-9-3-7-24-43-34)27-35(33)46-38(29-13-16-31(17-14-29)42-26-23-40-21-5-2-6-22-40)37(39)28-11-18-32(19-12-28)45-36-10-4-8-25-44-36/h11-20,27,34,36-38,41H,2-10,21-26H2,1H3. The van der Waals surface area contributed by atoms with E-state index in [1.807, 2.05) is 37.3 Å². The zero-order valence-electron chi connectivity index (χ0n) is 27.2. The van der Waals surface area contributed by atoms with Crippen LogP contribution < -0.4 is 14.2 Å². The van der Waals surface area contributed by atoms with Crippen molar-refractivity contribution in [3.05, 3.63) is 89.0 Å². The fourth-order valence-corrected chi connectivity index (χ4v) is 7.62. The van der Waals surface area contributed by atoms with E-state index in [2.05, 4.69) is 41.3 Å². The molecule has 0 radical (unpaired) electrons. The second-order valence-corrected chi connectivity index (χ2v) is 13.6. The molecule has 0 bridgehead atoms. The van der Waals surface area contributed by atoms with Gasteiger partial charge in [0, 0.05) is 25.1 Å². The lowest BCUT2D eigenvalue weighted by molar-refractivity contribution is -0.105. The molecule has 0 aliphatic carbocycles. The molecular weight excluding hydrogens is 578 g/mol. The number of nitrogens with zero attached hydrogens (tertiary/aromatic N) is 1. The van der Waals surface area contributed by atoms with Gasteiger partial charge in [-0.15, -0.1) is 0 Å². The molecule has 4 aliphatic rings. The first-order valence-electron chi connectivity index (χ1n) is 17.5. The van der Waals surface area contributed by atoms with E-state index in [1.165, 1.54) is 32.4 Å². The molecule has 0 amide bonds. The summed E-state index contributed by atoms with van der Waals surface area (Å²) in [4.78, 5) is 2.49. The molecule has 5 unspecified atom stereocenters. The Kier molecular flexibility index (Phi) is 9.82. The van der Waals surface area contributed by atoms with Crippen LogP contribution in [0.2, 0.25) is 0 Å². The van der Waals surface area contributed by atoms with Gasteiger partial charge in [-0.2, -0.15) is 0 Å². The molecule has 246 valence electrons. The summed E-state index contributed by atoms with van der Waals surface area (Å²) in [5.41, 5.74) is 2.69. The van der Waals surface area contributed by atoms with Gasteiger partial charge in [0.1, 0.15) is 35.6 Å². The molecule has 46 heavy (non-hydrogen) atoms. The lowest BCUT2D eigenvalue weighted by Gasteiger charge is -2.44. The summed E-state index contributed by atoms with van der Waals surface area (Å²) in [5.74, 6) is 1.98. The van der Waals surface area contributed by atoms with Crippen LogP contribution in [-0.4, -0.2) is 55.8 Å².